The van der Waals surface area contributed by atoms with Crippen molar-refractivity contribution < 1.29 is 13.5 Å². The van der Waals surface area contributed by atoms with Crippen LogP contribution < -0.4 is 5.73 Å². The Labute approximate surface area is 105 Å². The number of nitrogens with two attached hydrogens (primary N) is 1. The molecule has 1 unspecified atom stereocenters. The maximum absolute atomic E-state index is 13.1. The fraction of sp³-hybridized carbons (Fsp3) is 0.429. The molecule has 0 radical (unpaired) electrons. The van der Waals surface area contributed by atoms with E-state index in [-0.39, 0.29) is 17.5 Å². The lowest BCUT2D eigenvalue weighted by molar-refractivity contribution is -0.0947. The van der Waals surface area contributed by atoms with Crippen molar-refractivity contribution in [3.05, 3.63) is 35.8 Å². The zero-order chi connectivity index (χ0) is 12.8. The van der Waals surface area contributed by atoms with Crippen LogP contribution in [0.15, 0.2) is 28.7 Å². The highest BCUT2D eigenvalue weighted by atomic mass is 19.1. The molecule has 1 aromatic heterocycles. The summed E-state index contributed by atoms with van der Waals surface area (Å²) in [6, 6.07) is 5.97. The van der Waals surface area contributed by atoms with Crippen LogP contribution in [0.2, 0.25) is 0 Å². The van der Waals surface area contributed by atoms with Gasteiger partial charge in [0.05, 0.1) is 11.6 Å². The van der Waals surface area contributed by atoms with E-state index in [9.17, 15) is 4.39 Å². The van der Waals surface area contributed by atoms with Gasteiger partial charge in [-0.25, -0.2) is 4.39 Å². The van der Waals surface area contributed by atoms with Crippen LogP contribution in [-0.4, -0.2) is 12.7 Å². The third-order valence-corrected chi connectivity index (χ3v) is 3.98. The predicted octanol–water partition coefficient (Wildman–Crippen LogP) is 3.14. The van der Waals surface area contributed by atoms with Gasteiger partial charge in [0.15, 0.2) is 0 Å². The van der Waals surface area contributed by atoms with Gasteiger partial charge in [0.25, 0.3) is 0 Å². The van der Waals surface area contributed by atoms with Crippen LogP contribution in [0.5, 0.6) is 0 Å². The largest absolute Gasteiger partial charge is 0.459 e. The number of fused-ring (bicyclic) bond motifs is 1. The smallest absolute Gasteiger partial charge is 0.134 e. The summed E-state index contributed by atoms with van der Waals surface area (Å²) in [5.41, 5.74) is 6.58. The Balaban J connectivity index is 1.98. The lowest BCUT2D eigenvalue weighted by atomic mass is 9.74. The lowest BCUT2D eigenvalue weighted by Gasteiger charge is -2.44. The molecule has 0 aliphatic heterocycles. The van der Waals surface area contributed by atoms with Gasteiger partial charge in [-0.15, -0.1) is 0 Å². The molecule has 96 valence electrons. The maximum atomic E-state index is 13.1. The van der Waals surface area contributed by atoms with Crippen LogP contribution in [0, 0.1) is 5.82 Å². The van der Waals surface area contributed by atoms with E-state index in [2.05, 4.69) is 0 Å². The molecule has 1 atom stereocenters. The Hall–Kier alpha value is -1.39. The van der Waals surface area contributed by atoms with Gasteiger partial charge in [-0.1, -0.05) is 0 Å². The van der Waals surface area contributed by atoms with Gasteiger partial charge in [-0.3, -0.25) is 0 Å². The van der Waals surface area contributed by atoms with Crippen LogP contribution in [0.3, 0.4) is 0 Å². The first-order chi connectivity index (χ1) is 8.64. The Morgan fingerprint density at radius 3 is 2.78 bits per heavy atom. The third kappa shape index (κ3) is 1.64. The summed E-state index contributed by atoms with van der Waals surface area (Å²) >= 11 is 0. The molecule has 1 saturated carbocycles. The molecular formula is C14H16FNO2. The quantitative estimate of drug-likeness (QED) is 0.909. The van der Waals surface area contributed by atoms with Crippen LogP contribution >= 0.6 is 0 Å². The minimum absolute atomic E-state index is 0.270. The molecule has 3 rings (SSSR count). The molecule has 0 saturated heterocycles. The lowest BCUT2D eigenvalue weighted by Crippen LogP contribution is -2.48. The highest BCUT2D eigenvalue weighted by Gasteiger charge is 2.44. The number of benzene rings is 1. The topological polar surface area (TPSA) is 48.4 Å². The fourth-order valence-corrected chi connectivity index (χ4v) is 2.61. The molecule has 0 amide bonds. The van der Waals surface area contributed by atoms with Crippen molar-refractivity contribution in [3.63, 3.8) is 0 Å². The summed E-state index contributed by atoms with van der Waals surface area (Å²) in [6.07, 6.45) is 3.00. The number of hydrogen-bond donors (Lipinski definition) is 1. The van der Waals surface area contributed by atoms with Crippen LogP contribution in [0.4, 0.5) is 4.39 Å². The van der Waals surface area contributed by atoms with Crippen LogP contribution in [-0.2, 0) is 4.74 Å². The minimum atomic E-state index is -0.313. The SMILES string of the molecule is COC1(C(N)c2cc3cc(F)ccc3o2)CCC1. The molecular weight excluding hydrogens is 233 g/mol. The van der Waals surface area contributed by atoms with E-state index in [1.54, 1.807) is 13.2 Å². The third-order valence-electron chi connectivity index (χ3n) is 3.98. The van der Waals surface area contributed by atoms with Gasteiger partial charge >= 0.3 is 0 Å². The number of furan rings is 1. The van der Waals surface area contributed by atoms with Crippen molar-refractivity contribution >= 4 is 11.0 Å². The Morgan fingerprint density at radius 1 is 1.39 bits per heavy atom. The molecule has 4 heteroatoms. The fourth-order valence-electron chi connectivity index (χ4n) is 2.61. The van der Waals surface area contributed by atoms with Crippen molar-refractivity contribution in [3.8, 4) is 0 Å². The average Bonchev–Trinajstić information content (AvgIpc) is 2.70. The summed E-state index contributed by atoms with van der Waals surface area (Å²) in [7, 11) is 1.68. The number of rotatable bonds is 3. The molecule has 2 N–H and O–H groups in total. The molecule has 18 heavy (non-hydrogen) atoms. The van der Waals surface area contributed by atoms with Crippen molar-refractivity contribution in [2.75, 3.05) is 7.11 Å². The Kier molecular flexibility index (Phi) is 2.64. The summed E-state index contributed by atoms with van der Waals surface area (Å²) in [6.45, 7) is 0. The monoisotopic (exact) mass is 249 g/mol. The number of ether oxygens (including phenoxy) is 1. The highest BCUT2D eigenvalue weighted by molar-refractivity contribution is 5.78. The average molecular weight is 249 g/mol. The Morgan fingerprint density at radius 2 is 2.17 bits per heavy atom. The zero-order valence-electron chi connectivity index (χ0n) is 10.3. The highest BCUT2D eigenvalue weighted by Crippen LogP contribution is 2.44. The minimum Gasteiger partial charge on any atom is -0.459 e. The number of halogens is 1. The van der Waals surface area contributed by atoms with Gasteiger partial charge in [-0.05, 0) is 43.5 Å². The molecule has 1 aliphatic rings. The number of methoxy groups -OCH3 is 1. The molecule has 1 aliphatic carbocycles. The van der Waals surface area contributed by atoms with E-state index in [0.717, 1.165) is 24.6 Å². The summed E-state index contributed by atoms with van der Waals surface area (Å²) in [4.78, 5) is 0. The number of hydrogen-bond acceptors (Lipinski definition) is 3. The van der Waals surface area contributed by atoms with Gasteiger partial charge in [0, 0.05) is 12.5 Å². The van der Waals surface area contributed by atoms with E-state index in [4.69, 9.17) is 14.9 Å². The van der Waals surface area contributed by atoms with Crippen molar-refractivity contribution in [1.29, 1.82) is 0 Å². The summed E-state index contributed by atoms with van der Waals surface area (Å²) in [5.74, 6) is 0.394. The van der Waals surface area contributed by atoms with Gasteiger partial charge in [0.2, 0.25) is 0 Å². The van der Waals surface area contributed by atoms with Crippen molar-refractivity contribution in [1.82, 2.24) is 0 Å². The maximum Gasteiger partial charge on any atom is 0.134 e. The molecule has 0 bridgehead atoms. The van der Waals surface area contributed by atoms with Gasteiger partial charge in [-0.2, -0.15) is 0 Å². The van der Waals surface area contributed by atoms with E-state index in [0.29, 0.717) is 11.3 Å². The molecule has 1 heterocycles. The predicted molar refractivity (Wildman–Crippen MR) is 66.7 cm³/mol. The van der Waals surface area contributed by atoms with E-state index < -0.39 is 0 Å². The van der Waals surface area contributed by atoms with Crippen LogP contribution in [0.1, 0.15) is 31.1 Å². The van der Waals surface area contributed by atoms with Crippen molar-refractivity contribution in [2.24, 2.45) is 5.73 Å². The van der Waals surface area contributed by atoms with E-state index in [1.807, 2.05) is 6.07 Å². The van der Waals surface area contributed by atoms with Gasteiger partial charge < -0.3 is 14.9 Å². The molecule has 0 spiro atoms. The van der Waals surface area contributed by atoms with Gasteiger partial charge in [0.1, 0.15) is 17.2 Å². The first kappa shape index (κ1) is 11.7. The first-order valence-corrected chi connectivity index (χ1v) is 6.14. The molecule has 2 aromatic rings. The normalized spacial score (nSPS) is 19.7. The zero-order valence-corrected chi connectivity index (χ0v) is 10.3. The second kappa shape index (κ2) is 4.07. The Bertz CT molecular complexity index is 569. The van der Waals surface area contributed by atoms with E-state index >= 15 is 0 Å². The second-order valence-electron chi connectivity index (χ2n) is 4.93. The van der Waals surface area contributed by atoms with Crippen LogP contribution in [0.25, 0.3) is 11.0 Å². The standard InChI is InChI=1S/C14H16FNO2/c1-17-14(5-2-6-14)13(16)12-8-9-7-10(15)3-4-11(9)18-12/h3-4,7-8,13H,2,5-6,16H2,1H3. The second-order valence-corrected chi connectivity index (χ2v) is 4.93. The molecule has 3 nitrogen and oxygen atoms in total. The first-order valence-electron chi connectivity index (χ1n) is 6.14. The van der Waals surface area contributed by atoms with Crippen molar-refractivity contribution in [2.45, 2.75) is 30.9 Å². The molecule has 1 aromatic carbocycles. The van der Waals surface area contributed by atoms with E-state index in [1.165, 1.54) is 12.1 Å². The molecule has 1 fully saturated rings. The summed E-state index contributed by atoms with van der Waals surface area (Å²) < 4.78 is 24.4. The summed E-state index contributed by atoms with van der Waals surface area (Å²) in [5, 5.41) is 0.742.